The van der Waals surface area contributed by atoms with Crippen molar-refractivity contribution >= 4 is 17.6 Å². The van der Waals surface area contributed by atoms with Gasteiger partial charge >= 0.3 is 0 Å². The maximum absolute atomic E-state index is 5.74. The Labute approximate surface area is 99.1 Å². The van der Waals surface area contributed by atoms with Crippen LogP contribution in [-0.2, 0) is 0 Å². The lowest BCUT2D eigenvalue weighted by molar-refractivity contribution is 0.985. The Balaban J connectivity index is 2.47. The summed E-state index contributed by atoms with van der Waals surface area (Å²) in [5.74, 6) is 0.509. The third-order valence-corrected chi connectivity index (χ3v) is 2.80. The molecule has 0 saturated carbocycles. The molecule has 82 valence electrons. The highest BCUT2D eigenvalue weighted by Gasteiger charge is 2.03. The summed E-state index contributed by atoms with van der Waals surface area (Å²) in [5, 5.41) is 0.704. The van der Waals surface area contributed by atoms with Gasteiger partial charge < -0.3 is 5.73 Å². The molecule has 0 aliphatic heterocycles. The molecule has 2 rings (SSSR count). The molecule has 2 N–H and O–H groups in total. The van der Waals surface area contributed by atoms with Gasteiger partial charge in [-0.05, 0) is 13.2 Å². The van der Waals surface area contributed by atoms with Gasteiger partial charge in [-0.3, -0.25) is 0 Å². The van der Waals surface area contributed by atoms with Crippen molar-refractivity contribution in [1.82, 2.24) is 9.97 Å². The monoisotopic (exact) mass is 231 g/mol. The van der Waals surface area contributed by atoms with Crippen molar-refractivity contribution in [2.24, 2.45) is 0 Å². The van der Waals surface area contributed by atoms with E-state index in [1.165, 1.54) is 17.3 Å². The summed E-state index contributed by atoms with van der Waals surface area (Å²) in [7, 11) is 0. The molecule has 4 heteroatoms. The van der Waals surface area contributed by atoms with Crippen LogP contribution in [0.15, 0.2) is 35.5 Å². The highest BCUT2D eigenvalue weighted by atomic mass is 32.2. The van der Waals surface area contributed by atoms with Crippen LogP contribution in [-0.4, -0.2) is 16.2 Å². The Morgan fingerprint density at radius 2 is 1.81 bits per heavy atom. The molecule has 0 spiro atoms. The third-order valence-electron chi connectivity index (χ3n) is 2.26. The van der Waals surface area contributed by atoms with Gasteiger partial charge in [0.2, 0.25) is 0 Å². The SMILES string of the molecule is CSc1nc(N)cc(-c2ccc(C)cc2)n1. The molecule has 1 aromatic carbocycles. The molecule has 0 atom stereocenters. The molecule has 1 heterocycles. The quantitative estimate of drug-likeness (QED) is 0.638. The summed E-state index contributed by atoms with van der Waals surface area (Å²) in [6, 6.07) is 10.0. The minimum atomic E-state index is 0.509. The Morgan fingerprint density at radius 1 is 1.12 bits per heavy atom. The Morgan fingerprint density at radius 3 is 2.44 bits per heavy atom. The van der Waals surface area contributed by atoms with Crippen molar-refractivity contribution in [1.29, 1.82) is 0 Å². The van der Waals surface area contributed by atoms with Crippen molar-refractivity contribution < 1.29 is 0 Å². The molecule has 16 heavy (non-hydrogen) atoms. The van der Waals surface area contributed by atoms with Crippen LogP contribution in [0.2, 0.25) is 0 Å². The molecule has 2 aromatic rings. The van der Waals surface area contributed by atoms with Gasteiger partial charge in [0.25, 0.3) is 0 Å². The van der Waals surface area contributed by atoms with E-state index in [1.54, 1.807) is 6.07 Å². The molecular weight excluding hydrogens is 218 g/mol. The zero-order valence-electron chi connectivity index (χ0n) is 9.27. The van der Waals surface area contributed by atoms with Crippen LogP contribution in [0.5, 0.6) is 0 Å². The molecule has 0 saturated heterocycles. The zero-order chi connectivity index (χ0) is 11.5. The predicted octanol–water partition coefficient (Wildman–Crippen LogP) is 2.76. The van der Waals surface area contributed by atoms with E-state index in [0.29, 0.717) is 11.0 Å². The van der Waals surface area contributed by atoms with Gasteiger partial charge in [-0.2, -0.15) is 0 Å². The van der Waals surface area contributed by atoms with Crippen LogP contribution in [0.4, 0.5) is 5.82 Å². The molecule has 0 unspecified atom stereocenters. The lowest BCUT2D eigenvalue weighted by Gasteiger charge is -2.04. The van der Waals surface area contributed by atoms with Gasteiger partial charge in [0.1, 0.15) is 5.82 Å². The van der Waals surface area contributed by atoms with Crippen LogP contribution >= 0.6 is 11.8 Å². The summed E-state index contributed by atoms with van der Waals surface area (Å²) >= 11 is 1.49. The van der Waals surface area contributed by atoms with Crippen LogP contribution < -0.4 is 5.73 Å². The van der Waals surface area contributed by atoms with E-state index < -0.39 is 0 Å². The fraction of sp³-hybridized carbons (Fsp3) is 0.167. The minimum Gasteiger partial charge on any atom is -0.384 e. The van der Waals surface area contributed by atoms with Crippen molar-refractivity contribution in [2.45, 2.75) is 12.1 Å². The van der Waals surface area contributed by atoms with E-state index >= 15 is 0 Å². The number of aromatic nitrogens is 2. The van der Waals surface area contributed by atoms with E-state index in [1.807, 2.05) is 18.4 Å². The summed E-state index contributed by atoms with van der Waals surface area (Å²) in [5.41, 5.74) is 8.91. The van der Waals surface area contributed by atoms with Gasteiger partial charge in [-0.1, -0.05) is 41.6 Å². The van der Waals surface area contributed by atoms with Gasteiger partial charge in [0, 0.05) is 11.6 Å². The summed E-state index contributed by atoms with van der Waals surface area (Å²) < 4.78 is 0. The number of benzene rings is 1. The van der Waals surface area contributed by atoms with Crippen LogP contribution in [0.3, 0.4) is 0 Å². The fourth-order valence-corrected chi connectivity index (χ4v) is 1.79. The second kappa shape index (κ2) is 4.53. The van der Waals surface area contributed by atoms with Gasteiger partial charge in [0.05, 0.1) is 5.69 Å². The van der Waals surface area contributed by atoms with Crippen molar-refractivity contribution in [3.63, 3.8) is 0 Å². The first kappa shape index (κ1) is 11.0. The first-order valence-electron chi connectivity index (χ1n) is 4.94. The number of anilines is 1. The molecule has 0 aliphatic carbocycles. The van der Waals surface area contributed by atoms with E-state index in [-0.39, 0.29) is 0 Å². The average Bonchev–Trinajstić information content (AvgIpc) is 2.29. The van der Waals surface area contributed by atoms with Gasteiger partial charge in [-0.25, -0.2) is 9.97 Å². The Bertz CT molecular complexity index is 494. The predicted molar refractivity (Wildman–Crippen MR) is 68.4 cm³/mol. The molecule has 1 aromatic heterocycles. The topological polar surface area (TPSA) is 51.8 Å². The minimum absolute atomic E-state index is 0.509. The number of nitrogens with two attached hydrogens (primary N) is 1. The Hall–Kier alpha value is -1.55. The molecule has 3 nitrogen and oxygen atoms in total. The standard InChI is InChI=1S/C12H13N3S/c1-8-3-5-9(6-4-8)10-7-11(13)15-12(14-10)16-2/h3-7H,1-2H3,(H2,13,14,15). The zero-order valence-corrected chi connectivity index (χ0v) is 10.1. The lowest BCUT2D eigenvalue weighted by atomic mass is 10.1. The van der Waals surface area contributed by atoms with Gasteiger partial charge in [-0.15, -0.1) is 0 Å². The van der Waals surface area contributed by atoms with E-state index in [2.05, 4.69) is 29.0 Å². The van der Waals surface area contributed by atoms with Crippen LogP contribution in [0, 0.1) is 6.92 Å². The maximum atomic E-state index is 5.74. The first-order chi connectivity index (χ1) is 7.69. The lowest BCUT2D eigenvalue weighted by Crippen LogP contribution is -1.96. The smallest absolute Gasteiger partial charge is 0.189 e. The van der Waals surface area contributed by atoms with Gasteiger partial charge in [0.15, 0.2) is 5.16 Å². The summed E-state index contributed by atoms with van der Waals surface area (Å²) in [6.07, 6.45) is 1.94. The highest BCUT2D eigenvalue weighted by Crippen LogP contribution is 2.21. The summed E-state index contributed by atoms with van der Waals surface area (Å²) in [6.45, 7) is 2.06. The number of nitrogen functional groups attached to an aromatic ring is 1. The number of rotatable bonds is 2. The number of nitrogens with zero attached hydrogens (tertiary/aromatic N) is 2. The number of hydrogen-bond acceptors (Lipinski definition) is 4. The van der Waals surface area contributed by atoms with Crippen molar-refractivity contribution in [3.8, 4) is 11.3 Å². The first-order valence-corrected chi connectivity index (χ1v) is 6.17. The highest BCUT2D eigenvalue weighted by molar-refractivity contribution is 7.98. The van der Waals surface area contributed by atoms with Crippen LogP contribution in [0.1, 0.15) is 5.56 Å². The normalized spacial score (nSPS) is 10.4. The second-order valence-corrected chi connectivity index (χ2v) is 4.30. The van der Waals surface area contributed by atoms with E-state index in [0.717, 1.165) is 11.3 Å². The molecule has 0 radical (unpaired) electrons. The molecule has 0 fully saturated rings. The Kier molecular flexibility index (Phi) is 3.10. The largest absolute Gasteiger partial charge is 0.384 e. The van der Waals surface area contributed by atoms with E-state index in [4.69, 9.17) is 5.73 Å². The van der Waals surface area contributed by atoms with Crippen LogP contribution in [0.25, 0.3) is 11.3 Å². The van der Waals surface area contributed by atoms with E-state index in [9.17, 15) is 0 Å². The maximum Gasteiger partial charge on any atom is 0.189 e. The average molecular weight is 231 g/mol. The summed E-state index contributed by atoms with van der Waals surface area (Å²) in [4.78, 5) is 8.55. The molecular formula is C12H13N3S. The third kappa shape index (κ3) is 2.33. The number of aryl methyl sites for hydroxylation is 1. The molecule has 0 aliphatic rings. The molecule has 0 bridgehead atoms. The van der Waals surface area contributed by atoms with Crippen molar-refractivity contribution in [3.05, 3.63) is 35.9 Å². The molecule has 0 amide bonds. The fourth-order valence-electron chi connectivity index (χ4n) is 1.41. The second-order valence-electron chi connectivity index (χ2n) is 3.53. The number of hydrogen-bond donors (Lipinski definition) is 1. The van der Waals surface area contributed by atoms with Crippen molar-refractivity contribution in [2.75, 3.05) is 12.0 Å². The number of thioether (sulfide) groups is 1.